The van der Waals surface area contributed by atoms with Gasteiger partial charge in [0.1, 0.15) is 11.5 Å². The molecule has 6 heteroatoms. The highest BCUT2D eigenvalue weighted by molar-refractivity contribution is 5.96. The average Bonchev–Trinajstić information content (AvgIpc) is 2.83. The zero-order valence-corrected chi connectivity index (χ0v) is 18.7. The number of carbonyl (C=O) groups is 2. The molecule has 0 atom stereocenters. The second-order valence-electron chi connectivity index (χ2n) is 7.73. The number of fused-ring (bicyclic) bond motifs is 1. The molecule has 166 valence electrons. The Morgan fingerprint density at radius 1 is 0.939 bits per heavy atom. The number of aryl methyl sites for hydroxylation is 1. The fraction of sp³-hybridized carbons (Fsp3) is 0.148. The number of nitrogens with one attached hydrogen (secondary N) is 1. The first-order chi connectivity index (χ1) is 16.0. The minimum atomic E-state index is -0.393. The van der Waals surface area contributed by atoms with Crippen molar-refractivity contribution in [3.63, 3.8) is 0 Å². The van der Waals surface area contributed by atoms with Crippen molar-refractivity contribution in [3.05, 3.63) is 101 Å². The van der Waals surface area contributed by atoms with E-state index in [0.29, 0.717) is 29.2 Å². The maximum absolute atomic E-state index is 12.9. The minimum absolute atomic E-state index is 0.204. The van der Waals surface area contributed by atoms with Crippen molar-refractivity contribution >= 4 is 22.8 Å². The summed E-state index contributed by atoms with van der Waals surface area (Å²) in [6.45, 7) is 4.22. The smallest absolute Gasteiger partial charge is 0.337 e. The highest BCUT2D eigenvalue weighted by Crippen LogP contribution is 2.32. The molecule has 1 aromatic heterocycles. The van der Waals surface area contributed by atoms with E-state index in [1.807, 2.05) is 44.2 Å². The first kappa shape index (κ1) is 22.0. The van der Waals surface area contributed by atoms with Crippen LogP contribution in [-0.4, -0.2) is 24.0 Å². The fourth-order valence-electron chi connectivity index (χ4n) is 3.56. The number of esters is 1. The number of hydrogen-bond donors (Lipinski definition) is 1. The molecule has 6 nitrogen and oxygen atoms in total. The van der Waals surface area contributed by atoms with Crippen molar-refractivity contribution in [1.29, 1.82) is 0 Å². The summed E-state index contributed by atoms with van der Waals surface area (Å²) in [7, 11) is 1.34. The summed E-state index contributed by atoms with van der Waals surface area (Å²) in [5.74, 6) is 0.699. The molecular weight excluding hydrogens is 416 g/mol. The molecule has 3 aromatic carbocycles. The van der Waals surface area contributed by atoms with Crippen molar-refractivity contribution < 1.29 is 19.1 Å². The standard InChI is InChI=1S/C27H24N2O4/c1-17-7-12-22-23(15-17)28-14-13-25(22)33-24-6-4-5-21(18(24)2)26(30)29-16-19-8-10-20(11-9-19)27(31)32-3/h4-15H,16H2,1-3H3,(H,29,30). The third-order valence-corrected chi connectivity index (χ3v) is 5.43. The van der Waals surface area contributed by atoms with Crippen LogP contribution in [0, 0.1) is 13.8 Å². The summed E-state index contributed by atoms with van der Waals surface area (Å²) in [5, 5.41) is 3.83. The molecule has 1 N–H and O–H groups in total. The van der Waals surface area contributed by atoms with Gasteiger partial charge in [-0.3, -0.25) is 9.78 Å². The summed E-state index contributed by atoms with van der Waals surface area (Å²) < 4.78 is 10.9. The van der Waals surface area contributed by atoms with Crippen LogP contribution in [0.15, 0.2) is 72.9 Å². The minimum Gasteiger partial charge on any atom is -0.465 e. The van der Waals surface area contributed by atoms with Gasteiger partial charge < -0.3 is 14.8 Å². The van der Waals surface area contributed by atoms with E-state index in [1.165, 1.54) is 7.11 Å². The van der Waals surface area contributed by atoms with E-state index in [1.54, 1.807) is 42.6 Å². The van der Waals surface area contributed by atoms with Crippen molar-refractivity contribution in [2.45, 2.75) is 20.4 Å². The van der Waals surface area contributed by atoms with Crippen LogP contribution in [0.3, 0.4) is 0 Å². The molecule has 0 saturated carbocycles. The van der Waals surface area contributed by atoms with E-state index in [-0.39, 0.29) is 5.91 Å². The Balaban J connectivity index is 1.50. The summed E-state index contributed by atoms with van der Waals surface area (Å²) in [6.07, 6.45) is 1.72. The zero-order valence-electron chi connectivity index (χ0n) is 18.7. The van der Waals surface area contributed by atoms with Gasteiger partial charge in [-0.1, -0.05) is 24.3 Å². The van der Waals surface area contributed by atoms with E-state index in [2.05, 4.69) is 10.3 Å². The second-order valence-corrected chi connectivity index (χ2v) is 7.73. The Morgan fingerprint density at radius 3 is 2.48 bits per heavy atom. The molecule has 33 heavy (non-hydrogen) atoms. The summed E-state index contributed by atoms with van der Waals surface area (Å²) in [4.78, 5) is 28.8. The van der Waals surface area contributed by atoms with Crippen LogP contribution < -0.4 is 10.1 Å². The highest BCUT2D eigenvalue weighted by Gasteiger charge is 2.14. The van der Waals surface area contributed by atoms with Crippen molar-refractivity contribution in [2.75, 3.05) is 7.11 Å². The topological polar surface area (TPSA) is 77.5 Å². The lowest BCUT2D eigenvalue weighted by molar-refractivity contribution is 0.0600. The Kier molecular flexibility index (Phi) is 6.36. The van der Waals surface area contributed by atoms with Gasteiger partial charge >= 0.3 is 5.97 Å². The molecular formula is C27H24N2O4. The first-order valence-electron chi connectivity index (χ1n) is 10.5. The molecule has 1 amide bonds. The third kappa shape index (κ3) is 4.85. The molecule has 4 rings (SSSR count). The number of benzene rings is 3. The van der Waals surface area contributed by atoms with E-state index >= 15 is 0 Å². The number of carbonyl (C=O) groups excluding carboxylic acids is 2. The average molecular weight is 440 g/mol. The summed E-state index contributed by atoms with van der Waals surface area (Å²) >= 11 is 0. The summed E-state index contributed by atoms with van der Waals surface area (Å²) in [6, 6.07) is 20.2. The van der Waals surface area contributed by atoms with E-state index < -0.39 is 5.97 Å². The molecule has 0 fully saturated rings. The third-order valence-electron chi connectivity index (χ3n) is 5.43. The first-order valence-corrected chi connectivity index (χ1v) is 10.5. The Morgan fingerprint density at radius 2 is 1.73 bits per heavy atom. The van der Waals surface area contributed by atoms with Gasteiger partial charge in [0.2, 0.25) is 0 Å². The molecule has 0 spiro atoms. The maximum atomic E-state index is 12.9. The van der Waals surface area contributed by atoms with Gasteiger partial charge in [-0.2, -0.15) is 0 Å². The van der Waals surface area contributed by atoms with Gasteiger partial charge in [0, 0.05) is 29.3 Å². The monoisotopic (exact) mass is 440 g/mol. The predicted octanol–water partition coefficient (Wildman–Crippen LogP) is 5.36. The van der Waals surface area contributed by atoms with E-state index in [0.717, 1.165) is 27.6 Å². The molecule has 4 aromatic rings. The van der Waals surface area contributed by atoms with Crippen molar-refractivity contribution in [3.8, 4) is 11.5 Å². The number of aromatic nitrogens is 1. The van der Waals surface area contributed by atoms with Gasteiger partial charge in [-0.25, -0.2) is 4.79 Å². The van der Waals surface area contributed by atoms with E-state index in [4.69, 9.17) is 9.47 Å². The van der Waals surface area contributed by atoms with Crippen LogP contribution in [0.2, 0.25) is 0 Å². The van der Waals surface area contributed by atoms with Crippen LogP contribution in [0.5, 0.6) is 11.5 Å². The van der Waals surface area contributed by atoms with Crippen LogP contribution in [-0.2, 0) is 11.3 Å². The van der Waals surface area contributed by atoms with Crippen LogP contribution in [0.1, 0.15) is 37.4 Å². The largest absolute Gasteiger partial charge is 0.465 e. The molecule has 1 heterocycles. The van der Waals surface area contributed by atoms with Crippen molar-refractivity contribution in [2.24, 2.45) is 0 Å². The number of ether oxygens (including phenoxy) is 2. The number of methoxy groups -OCH3 is 1. The lowest BCUT2D eigenvalue weighted by Gasteiger charge is -2.14. The number of pyridine rings is 1. The number of amides is 1. The number of rotatable bonds is 6. The van der Waals surface area contributed by atoms with Crippen LogP contribution in [0.4, 0.5) is 0 Å². The molecule has 0 bridgehead atoms. The van der Waals surface area contributed by atoms with Crippen molar-refractivity contribution in [1.82, 2.24) is 10.3 Å². The fourth-order valence-corrected chi connectivity index (χ4v) is 3.56. The lowest BCUT2D eigenvalue weighted by atomic mass is 10.1. The predicted molar refractivity (Wildman–Crippen MR) is 127 cm³/mol. The van der Waals surface area contributed by atoms with Gasteiger partial charge in [0.25, 0.3) is 5.91 Å². The van der Waals surface area contributed by atoms with Gasteiger partial charge in [-0.05, 0) is 67.4 Å². The number of nitrogens with zero attached hydrogens (tertiary/aromatic N) is 1. The molecule has 0 aliphatic rings. The molecule has 0 unspecified atom stereocenters. The van der Waals surface area contributed by atoms with Crippen LogP contribution in [0.25, 0.3) is 10.9 Å². The van der Waals surface area contributed by atoms with Gasteiger partial charge in [0.05, 0.1) is 18.2 Å². The Labute approximate surface area is 192 Å². The molecule has 0 radical (unpaired) electrons. The lowest BCUT2D eigenvalue weighted by Crippen LogP contribution is -2.23. The quantitative estimate of drug-likeness (QED) is 0.409. The molecule has 0 aliphatic carbocycles. The maximum Gasteiger partial charge on any atom is 0.337 e. The molecule has 0 aliphatic heterocycles. The van der Waals surface area contributed by atoms with Gasteiger partial charge in [0.15, 0.2) is 0 Å². The Hall–Kier alpha value is -4.19. The zero-order chi connectivity index (χ0) is 23.4. The van der Waals surface area contributed by atoms with E-state index in [9.17, 15) is 9.59 Å². The van der Waals surface area contributed by atoms with Gasteiger partial charge in [-0.15, -0.1) is 0 Å². The second kappa shape index (κ2) is 9.53. The summed E-state index contributed by atoms with van der Waals surface area (Å²) in [5.41, 5.74) is 4.60. The molecule has 0 saturated heterocycles. The normalized spacial score (nSPS) is 10.6. The Bertz CT molecular complexity index is 1330. The SMILES string of the molecule is COC(=O)c1ccc(CNC(=O)c2cccc(Oc3ccnc4cc(C)ccc34)c2C)cc1. The van der Waals surface area contributed by atoms with Crippen LogP contribution >= 0.6 is 0 Å². The number of hydrogen-bond acceptors (Lipinski definition) is 5. The highest BCUT2D eigenvalue weighted by atomic mass is 16.5.